The number of carbonyl (C=O) groups excluding carboxylic acids is 1. The second-order valence-electron chi connectivity index (χ2n) is 3.75. The van der Waals surface area contributed by atoms with E-state index in [-0.39, 0.29) is 5.24 Å². The summed E-state index contributed by atoms with van der Waals surface area (Å²) in [7, 11) is -1.70. The van der Waals surface area contributed by atoms with Crippen molar-refractivity contribution in [2.24, 2.45) is 0 Å². The van der Waals surface area contributed by atoms with Gasteiger partial charge in [0.2, 0.25) is 0 Å². The molecule has 0 heterocycles. The zero-order chi connectivity index (χ0) is 10.8. The number of benzene rings is 1. The summed E-state index contributed by atoms with van der Waals surface area (Å²) in [4.78, 5) is 11.2. The van der Waals surface area contributed by atoms with Crippen LogP contribution in [0.2, 0.25) is 13.1 Å². The largest absolute Gasteiger partial charge is 0.276 e. The molecule has 0 saturated heterocycles. The van der Waals surface area contributed by atoms with Crippen LogP contribution in [0.5, 0.6) is 0 Å². The zero-order valence-corrected chi connectivity index (χ0v) is 10.1. The molecule has 0 unspecified atom stereocenters. The average molecular weight is 225 g/mol. The van der Waals surface area contributed by atoms with E-state index in [2.05, 4.69) is 19.7 Å². The van der Waals surface area contributed by atoms with E-state index in [0.717, 1.165) is 5.19 Å². The maximum absolute atomic E-state index is 11.2. The lowest BCUT2D eigenvalue weighted by molar-refractivity contribution is 0.108. The molecule has 14 heavy (non-hydrogen) atoms. The van der Waals surface area contributed by atoms with Gasteiger partial charge in [-0.05, 0) is 16.8 Å². The molecule has 1 aromatic rings. The molecule has 0 aromatic heterocycles. The summed E-state index contributed by atoms with van der Waals surface area (Å²) in [6.07, 6.45) is 0. The lowest BCUT2D eigenvalue weighted by Gasteiger charge is -2.19. The van der Waals surface area contributed by atoms with Crippen LogP contribution in [-0.2, 0) is 0 Å². The minimum Gasteiger partial charge on any atom is -0.276 e. The second kappa shape index (κ2) is 4.11. The van der Waals surface area contributed by atoms with Crippen molar-refractivity contribution in [1.82, 2.24) is 0 Å². The van der Waals surface area contributed by atoms with Crippen LogP contribution < -0.4 is 5.19 Å². The van der Waals surface area contributed by atoms with Gasteiger partial charge in [-0.2, -0.15) is 0 Å². The van der Waals surface area contributed by atoms with Gasteiger partial charge in [0.05, 0.1) is 0 Å². The van der Waals surface area contributed by atoms with Gasteiger partial charge in [-0.3, -0.25) is 4.79 Å². The van der Waals surface area contributed by atoms with Crippen LogP contribution in [0.4, 0.5) is 0 Å². The van der Waals surface area contributed by atoms with E-state index in [0.29, 0.717) is 5.56 Å². The predicted octanol–water partition coefficient (Wildman–Crippen LogP) is 2.71. The molecule has 1 nitrogen and oxygen atoms in total. The molecule has 0 radical (unpaired) electrons. The summed E-state index contributed by atoms with van der Waals surface area (Å²) in [5.74, 6) is 0. The normalized spacial score (nSPS) is 11.1. The van der Waals surface area contributed by atoms with Crippen LogP contribution in [0, 0.1) is 0 Å². The first-order chi connectivity index (χ1) is 6.49. The van der Waals surface area contributed by atoms with Crippen molar-refractivity contribution >= 4 is 30.1 Å². The van der Waals surface area contributed by atoms with Crippen LogP contribution in [0.25, 0.3) is 0 Å². The molecular weight excluding hydrogens is 212 g/mol. The van der Waals surface area contributed by atoms with E-state index in [1.807, 2.05) is 23.9 Å². The maximum atomic E-state index is 11.2. The molecule has 74 valence electrons. The molecule has 0 aliphatic heterocycles. The van der Waals surface area contributed by atoms with Crippen molar-refractivity contribution in [3.8, 4) is 0 Å². The molecule has 0 bridgehead atoms. The van der Waals surface area contributed by atoms with Gasteiger partial charge >= 0.3 is 0 Å². The summed E-state index contributed by atoms with van der Waals surface area (Å²) < 4.78 is 0. The van der Waals surface area contributed by atoms with Gasteiger partial charge in [0.1, 0.15) is 8.07 Å². The zero-order valence-electron chi connectivity index (χ0n) is 8.38. The molecule has 0 aliphatic carbocycles. The molecular formula is C11H13ClOSi. The van der Waals surface area contributed by atoms with Gasteiger partial charge in [0.25, 0.3) is 5.24 Å². The third kappa shape index (κ3) is 2.14. The van der Waals surface area contributed by atoms with Gasteiger partial charge in [0.15, 0.2) is 0 Å². The first-order valence-electron chi connectivity index (χ1n) is 4.42. The minimum atomic E-state index is -1.70. The predicted molar refractivity (Wildman–Crippen MR) is 63.9 cm³/mol. The molecule has 0 saturated carbocycles. The van der Waals surface area contributed by atoms with E-state index < -0.39 is 8.07 Å². The van der Waals surface area contributed by atoms with E-state index >= 15 is 0 Å². The first-order valence-corrected chi connectivity index (χ1v) is 7.87. The number of rotatable bonds is 3. The van der Waals surface area contributed by atoms with Crippen LogP contribution >= 0.6 is 11.6 Å². The highest BCUT2D eigenvalue weighted by Crippen LogP contribution is 2.10. The van der Waals surface area contributed by atoms with Crippen molar-refractivity contribution in [3.05, 3.63) is 42.1 Å². The molecule has 0 aliphatic rings. The van der Waals surface area contributed by atoms with E-state index in [1.54, 1.807) is 6.07 Å². The van der Waals surface area contributed by atoms with Crippen LogP contribution in [-0.4, -0.2) is 13.3 Å². The van der Waals surface area contributed by atoms with Crippen molar-refractivity contribution in [1.29, 1.82) is 0 Å². The van der Waals surface area contributed by atoms with Crippen molar-refractivity contribution < 1.29 is 4.79 Å². The molecule has 3 heteroatoms. The highest BCUT2D eigenvalue weighted by Gasteiger charge is 2.23. The third-order valence-electron chi connectivity index (χ3n) is 2.34. The molecule has 0 N–H and O–H groups in total. The maximum Gasteiger partial charge on any atom is 0.252 e. The summed E-state index contributed by atoms with van der Waals surface area (Å²) in [5, 5.41) is 0.665. The quantitative estimate of drug-likeness (QED) is 0.570. The number of hydrogen-bond donors (Lipinski definition) is 0. The van der Waals surface area contributed by atoms with Crippen LogP contribution in [0.1, 0.15) is 10.4 Å². The Labute approximate surface area is 90.4 Å². The monoisotopic (exact) mass is 224 g/mol. The Bertz CT molecular complexity index is 371. The molecule has 1 rings (SSSR count). The van der Waals surface area contributed by atoms with Crippen molar-refractivity contribution in [2.45, 2.75) is 13.1 Å². The Morgan fingerprint density at radius 1 is 1.43 bits per heavy atom. The average Bonchev–Trinajstić information content (AvgIpc) is 2.18. The van der Waals surface area contributed by atoms with Crippen molar-refractivity contribution in [2.75, 3.05) is 0 Å². The fourth-order valence-electron chi connectivity index (χ4n) is 1.33. The topological polar surface area (TPSA) is 17.1 Å². The first kappa shape index (κ1) is 11.2. The Morgan fingerprint density at radius 3 is 2.50 bits per heavy atom. The van der Waals surface area contributed by atoms with E-state index in [9.17, 15) is 4.79 Å². The highest BCUT2D eigenvalue weighted by molar-refractivity contribution is 6.95. The van der Waals surface area contributed by atoms with Gasteiger partial charge in [-0.1, -0.05) is 43.1 Å². The number of halogens is 1. The van der Waals surface area contributed by atoms with Gasteiger partial charge in [0, 0.05) is 5.56 Å². The summed E-state index contributed by atoms with van der Waals surface area (Å²) in [6, 6.07) is 7.48. The molecule has 0 amide bonds. The van der Waals surface area contributed by atoms with Gasteiger partial charge in [-0.15, -0.1) is 6.58 Å². The van der Waals surface area contributed by atoms with Gasteiger partial charge in [-0.25, -0.2) is 0 Å². The number of hydrogen-bond acceptors (Lipinski definition) is 1. The summed E-state index contributed by atoms with van der Waals surface area (Å²) >= 11 is 5.52. The van der Waals surface area contributed by atoms with Crippen LogP contribution in [0.15, 0.2) is 36.5 Å². The molecule has 0 atom stereocenters. The fourth-order valence-corrected chi connectivity index (χ4v) is 3.21. The fraction of sp³-hybridized carbons (Fsp3) is 0.182. The summed E-state index contributed by atoms with van der Waals surface area (Å²) in [6.45, 7) is 8.09. The Morgan fingerprint density at radius 2 is 2.00 bits per heavy atom. The Hall–Kier alpha value is -0.863. The van der Waals surface area contributed by atoms with E-state index in [1.165, 1.54) is 0 Å². The summed E-state index contributed by atoms with van der Waals surface area (Å²) in [5.41, 5.74) is 2.57. The standard InChI is InChI=1S/C11H13ClOSi/c1-4-14(2,3)10-8-6-5-7-9(10)11(12)13/h4-8H,1H2,2-3H3. The highest BCUT2D eigenvalue weighted by atomic mass is 35.5. The van der Waals surface area contributed by atoms with Gasteiger partial charge < -0.3 is 0 Å². The lowest BCUT2D eigenvalue weighted by Crippen LogP contribution is -2.42. The van der Waals surface area contributed by atoms with Crippen LogP contribution in [0.3, 0.4) is 0 Å². The smallest absolute Gasteiger partial charge is 0.252 e. The Kier molecular flexibility index (Phi) is 3.29. The minimum absolute atomic E-state index is 0.386. The Balaban J connectivity index is 3.33. The molecule has 0 spiro atoms. The van der Waals surface area contributed by atoms with Crippen molar-refractivity contribution in [3.63, 3.8) is 0 Å². The molecule has 0 fully saturated rings. The lowest BCUT2D eigenvalue weighted by atomic mass is 10.2. The second-order valence-corrected chi connectivity index (χ2v) is 8.48. The van der Waals surface area contributed by atoms with E-state index in [4.69, 9.17) is 11.6 Å². The molecule has 1 aromatic carbocycles. The SMILES string of the molecule is C=C[Si](C)(C)c1ccccc1C(=O)Cl. The third-order valence-corrected chi connectivity index (χ3v) is 5.39. The number of carbonyl (C=O) groups is 1.